The van der Waals surface area contributed by atoms with Gasteiger partial charge < -0.3 is 15.9 Å². The molecule has 0 saturated carbocycles. The van der Waals surface area contributed by atoms with Crippen LogP contribution in [0.25, 0.3) is 0 Å². The van der Waals surface area contributed by atoms with E-state index in [1.54, 1.807) is 6.07 Å². The van der Waals surface area contributed by atoms with Crippen molar-refractivity contribution >= 4 is 15.9 Å². The van der Waals surface area contributed by atoms with E-state index in [9.17, 15) is 8.42 Å². The number of hydrazine groups is 1. The fraction of sp³-hybridized carbons (Fsp3) is 0.588. The Morgan fingerprint density at radius 3 is 1.96 bits per heavy atom. The first-order valence-electron chi connectivity index (χ1n) is 9.05. The number of unbranched alkanes of at least 4 members (excludes halogenated alkanes) is 4. The number of hydrazone groups is 1. The number of nitrogens with zero attached hydrogens (tertiary/aromatic N) is 1. The molecule has 9 N–H and O–H groups in total. The second-order valence-corrected chi connectivity index (χ2v) is 7.83. The van der Waals surface area contributed by atoms with Crippen molar-refractivity contribution in [1.82, 2.24) is 5.53 Å². The summed E-state index contributed by atoms with van der Waals surface area (Å²) in [5.74, 6) is 5.17. The molecule has 0 saturated heterocycles. The molecule has 0 unspecified atom stereocenters. The van der Waals surface area contributed by atoms with Gasteiger partial charge >= 0.3 is 0 Å². The highest BCUT2D eigenvalue weighted by Crippen LogP contribution is 2.26. The monoisotopic (exact) mass is 401 g/mol. The molecule has 154 valence electrons. The van der Waals surface area contributed by atoms with E-state index in [2.05, 4.69) is 10.6 Å². The zero-order valence-electron chi connectivity index (χ0n) is 15.5. The normalized spacial score (nSPS) is 12.4. The number of nitrogens with two attached hydrogens (primary N) is 3. The summed E-state index contributed by atoms with van der Waals surface area (Å²) in [7, 11) is -4.05. The van der Waals surface area contributed by atoms with Gasteiger partial charge in [-0.2, -0.15) is 0 Å². The van der Waals surface area contributed by atoms with E-state index in [0.717, 1.165) is 19.3 Å². The van der Waals surface area contributed by atoms with Crippen molar-refractivity contribution in [1.29, 1.82) is 0 Å². The Bertz CT molecular complexity index is 722. The number of hydrogen-bond donors (Lipinski definition) is 6. The number of aryl methyl sites for hydroxylation is 2. The van der Waals surface area contributed by atoms with Crippen molar-refractivity contribution in [2.45, 2.75) is 56.3 Å². The summed E-state index contributed by atoms with van der Waals surface area (Å²) in [6, 6.07) is 3.59. The van der Waals surface area contributed by atoms with Crippen LogP contribution in [0.1, 0.15) is 55.2 Å². The van der Waals surface area contributed by atoms with E-state index in [-0.39, 0.29) is 29.5 Å². The number of nitrogens with one attached hydrogen (secondary N) is 1. The third-order valence-electron chi connectivity index (χ3n) is 4.26. The van der Waals surface area contributed by atoms with Crippen LogP contribution in [0.3, 0.4) is 0 Å². The fourth-order valence-corrected chi connectivity index (χ4v) is 4.07. The molecule has 0 aliphatic rings. The molecule has 0 amide bonds. The lowest BCUT2D eigenvalue weighted by Crippen LogP contribution is -2.28. The lowest BCUT2D eigenvalue weighted by Gasteiger charge is -2.17. The van der Waals surface area contributed by atoms with Gasteiger partial charge in [0, 0.05) is 18.8 Å². The first-order valence-corrected chi connectivity index (χ1v) is 10.6. The molecular formula is C17H31N5O4S. The minimum atomic E-state index is -4.05. The first-order chi connectivity index (χ1) is 12.9. The van der Waals surface area contributed by atoms with Gasteiger partial charge in [0.25, 0.3) is 0 Å². The van der Waals surface area contributed by atoms with Crippen molar-refractivity contribution in [3.05, 3.63) is 28.8 Å². The van der Waals surface area contributed by atoms with E-state index in [1.165, 1.54) is 0 Å². The molecule has 1 rings (SSSR count). The summed E-state index contributed by atoms with van der Waals surface area (Å²) in [4.78, 5) is -0.0253. The molecule has 0 spiro atoms. The molecule has 1 aromatic carbocycles. The average Bonchev–Trinajstić information content (AvgIpc) is 2.61. The van der Waals surface area contributed by atoms with Crippen LogP contribution in [-0.2, 0) is 22.9 Å². The lowest BCUT2D eigenvalue weighted by atomic mass is 9.96. The highest BCUT2D eigenvalue weighted by Gasteiger charge is 2.24. The standard InChI is InChI=1S/C17H31N5O4S/c18-17(21-22-19)15-13(7-3-1-5-11-23)9-10-14(8-4-2-6-12-24)16(15)27(20,25)26/h9-10,22-24H,1-8,11-12,19H2,(H2,18,21)(H2,20,25,26). The summed E-state index contributed by atoms with van der Waals surface area (Å²) in [5, 5.41) is 27.1. The molecule has 9 nitrogen and oxygen atoms in total. The number of rotatable bonds is 13. The Morgan fingerprint density at radius 2 is 1.48 bits per heavy atom. The van der Waals surface area contributed by atoms with Gasteiger partial charge in [-0.3, -0.25) is 0 Å². The van der Waals surface area contributed by atoms with Crippen LogP contribution in [0.5, 0.6) is 0 Å². The SMILES string of the molecule is NN/N=C(\N)c1c(CCCCCO)ccc(CCCCCO)c1S(N)(=O)=O. The van der Waals surface area contributed by atoms with Gasteiger partial charge in [0.2, 0.25) is 10.0 Å². The molecule has 0 aliphatic heterocycles. The number of amidine groups is 1. The van der Waals surface area contributed by atoms with Crippen LogP contribution < -0.4 is 22.3 Å². The van der Waals surface area contributed by atoms with Gasteiger partial charge in [0.15, 0.2) is 5.84 Å². The van der Waals surface area contributed by atoms with E-state index < -0.39 is 10.0 Å². The Morgan fingerprint density at radius 1 is 0.963 bits per heavy atom. The minimum absolute atomic E-state index is 0.0253. The number of primary sulfonamides is 1. The molecule has 0 aromatic heterocycles. The highest BCUT2D eigenvalue weighted by atomic mass is 32.2. The zero-order chi connectivity index (χ0) is 20.3. The maximum absolute atomic E-state index is 12.3. The molecular weight excluding hydrogens is 370 g/mol. The summed E-state index contributed by atoms with van der Waals surface area (Å²) < 4.78 is 24.7. The largest absolute Gasteiger partial charge is 0.396 e. The van der Waals surface area contributed by atoms with Gasteiger partial charge in [0.05, 0.1) is 4.90 Å². The average molecular weight is 402 g/mol. The molecule has 10 heteroatoms. The van der Waals surface area contributed by atoms with Crippen LogP contribution in [0.2, 0.25) is 0 Å². The van der Waals surface area contributed by atoms with Crippen molar-refractivity contribution in [3.8, 4) is 0 Å². The van der Waals surface area contributed by atoms with Crippen molar-refractivity contribution in [2.75, 3.05) is 13.2 Å². The van der Waals surface area contributed by atoms with Crippen LogP contribution in [0, 0.1) is 0 Å². The number of aliphatic hydroxyl groups is 2. The minimum Gasteiger partial charge on any atom is -0.396 e. The topological polar surface area (TPSA) is 177 Å². The Hall–Kier alpha value is -1.72. The maximum Gasteiger partial charge on any atom is 0.239 e. The predicted octanol–water partition coefficient (Wildman–Crippen LogP) is -0.172. The summed E-state index contributed by atoms with van der Waals surface area (Å²) >= 11 is 0. The van der Waals surface area contributed by atoms with Crippen molar-refractivity contribution in [2.24, 2.45) is 21.8 Å². The molecule has 0 fully saturated rings. The summed E-state index contributed by atoms with van der Waals surface area (Å²) in [6.07, 6.45) is 5.44. The van der Waals surface area contributed by atoms with Gasteiger partial charge in [-0.1, -0.05) is 25.0 Å². The van der Waals surface area contributed by atoms with Crippen LogP contribution >= 0.6 is 0 Å². The number of sulfonamides is 1. The molecule has 0 radical (unpaired) electrons. The Labute approximate surface area is 160 Å². The van der Waals surface area contributed by atoms with E-state index in [4.69, 9.17) is 26.9 Å². The zero-order valence-corrected chi connectivity index (χ0v) is 16.3. The Balaban J connectivity index is 3.34. The first kappa shape index (κ1) is 23.3. The smallest absolute Gasteiger partial charge is 0.239 e. The fourth-order valence-electron chi connectivity index (χ4n) is 3.01. The second kappa shape index (κ2) is 11.9. The third kappa shape index (κ3) is 7.43. The van der Waals surface area contributed by atoms with Gasteiger partial charge in [-0.05, 0) is 49.7 Å². The van der Waals surface area contributed by atoms with Gasteiger partial charge in [-0.25, -0.2) is 24.9 Å². The van der Waals surface area contributed by atoms with E-state index in [1.807, 2.05) is 6.07 Å². The molecule has 0 heterocycles. The van der Waals surface area contributed by atoms with Gasteiger partial charge in [0.1, 0.15) is 0 Å². The highest BCUT2D eigenvalue weighted by molar-refractivity contribution is 7.89. The van der Waals surface area contributed by atoms with Crippen LogP contribution in [0.15, 0.2) is 22.1 Å². The maximum atomic E-state index is 12.3. The number of benzene rings is 1. The van der Waals surface area contributed by atoms with Crippen molar-refractivity contribution < 1.29 is 18.6 Å². The summed E-state index contributed by atoms with van der Waals surface area (Å²) in [5.41, 5.74) is 9.65. The quantitative estimate of drug-likeness (QED) is 0.0873. The van der Waals surface area contributed by atoms with E-state index >= 15 is 0 Å². The third-order valence-corrected chi connectivity index (χ3v) is 5.29. The predicted molar refractivity (Wildman–Crippen MR) is 105 cm³/mol. The number of hydrogen-bond acceptors (Lipinski definition) is 7. The molecule has 0 bridgehead atoms. The molecule has 0 atom stereocenters. The molecule has 0 aliphatic carbocycles. The summed E-state index contributed by atoms with van der Waals surface area (Å²) in [6.45, 7) is 0.213. The molecule has 27 heavy (non-hydrogen) atoms. The van der Waals surface area contributed by atoms with Crippen LogP contribution in [-0.4, -0.2) is 37.7 Å². The Kier molecular flexibility index (Phi) is 10.3. The second-order valence-electron chi connectivity index (χ2n) is 6.33. The molecule has 1 aromatic rings. The van der Waals surface area contributed by atoms with Crippen LogP contribution in [0.4, 0.5) is 0 Å². The lowest BCUT2D eigenvalue weighted by molar-refractivity contribution is 0.283. The number of aliphatic hydroxyl groups excluding tert-OH is 2. The van der Waals surface area contributed by atoms with Gasteiger partial charge in [-0.15, -0.1) is 5.10 Å². The van der Waals surface area contributed by atoms with Crippen molar-refractivity contribution in [3.63, 3.8) is 0 Å². The van der Waals surface area contributed by atoms with E-state index in [0.29, 0.717) is 43.2 Å².